The first-order valence-corrected chi connectivity index (χ1v) is 5.75. The van der Waals surface area contributed by atoms with Gasteiger partial charge in [-0.05, 0) is 37.1 Å². The number of fused-ring (bicyclic) bond motifs is 1. The largest absolute Gasteiger partial charge is 0.497 e. The van der Waals surface area contributed by atoms with Crippen LogP contribution in [0.25, 0.3) is 11.3 Å². The van der Waals surface area contributed by atoms with Gasteiger partial charge < -0.3 is 14.6 Å². The van der Waals surface area contributed by atoms with Crippen LogP contribution in [-0.4, -0.2) is 18.8 Å². The van der Waals surface area contributed by atoms with E-state index in [1.165, 1.54) is 5.56 Å². The summed E-state index contributed by atoms with van der Waals surface area (Å²) in [5.74, 6) is 1.67. The Bertz CT molecular complexity index is 517. The molecule has 2 aromatic rings. The van der Waals surface area contributed by atoms with Gasteiger partial charge in [0.05, 0.1) is 7.11 Å². The van der Waals surface area contributed by atoms with Crippen LogP contribution >= 0.6 is 0 Å². The molecule has 0 amide bonds. The number of methoxy groups -OCH3 is 1. The number of benzene rings is 1. The lowest BCUT2D eigenvalue weighted by atomic mass is 10.0. The molecule has 3 rings (SSSR count). The lowest BCUT2D eigenvalue weighted by Crippen LogP contribution is -2.09. The van der Waals surface area contributed by atoms with Gasteiger partial charge in [0.2, 0.25) is 5.88 Å². The zero-order valence-electron chi connectivity index (χ0n) is 9.69. The molecule has 4 nitrogen and oxygen atoms in total. The molecule has 0 saturated heterocycles. The molecule has 0 saturated carbocycles. The van der Waals surface area contributed by atoms with Crippen LogP contribution in [0, 0.1) is 0 Å². The lowest BCUT2D eigenvalue weighted by molar-refractivity contribution is 0.414. The molecule has 1 aliphatic heterocycles. The maximum absolute atomic E-state index is 5.31. The van der Waals surface area contributed by atoms with Gasteiger partial charge >= 0.3 is 0 Å². The van der Waals surface area contributed by atoms with Crippen molar-refractivity contribution in [2.45, 2.75) is 12.8 Å². The van der Waals surface area contributed by atoms with E-state index in [1.807, 2.05) is 24.3 Å². The number of nitrogens with one attached hydrogen (secondary N) is 1. The van der Waals surface area contributed by atoms with Crippen molar-refractivity contribution in [3.63, 3.8) is 0 Å². The van der Waals surface area contributed by atoms with Gasteiger partial charge in [-0.2, -0.15) is 0 Å². The van der Waals surface area contributed by atoms with Crippen LogP contribution in [0.1, 0.15) is 12.0 Å². The van der Waals surface area contributed by atoms with Gasteiger partial charge in [0, 0.05) is 17.7 Å². The monoisotopic (exact) mass is 230 g/mol. The molecule has 0 fully saturated rings. The van der Waals surface area contributed by atoms with Crippen LogP contribution in [0.2, 0.25) is 0 Å². The molecule has 88 valence electrons. The second kappa shape index (κ2) is 4.13. The van der Waals surface area contributed by atoms with Crippen LogP contribution in [0.3, 0.4) is 0 Å². The van der Waals surface area contributed by atoms with E-state index in [0.717, 1.165) is 42.3 Å². The summed E-state index contributed by atoms with van der Waals surface area (Å²) in [6.07, 6.45) is 2.14. The van der Waals surface area contributed by atoms with Crippen molar-refractivity contribution in [1.82, 2.24) is 5.16 Å². The average molecular weight is 230 g/mol. The Balaban J connectivity index is 2.00. The number of hydrogen-bond acceptors (Lipinski definition) is 4. The first-order chi connectivity index (χ1) is 8.38. The average Bonchev–Trinajstić information content (AvgIpc) is 2.83. The predicted molar refractivity (Wildman–Crippen MR) is 65.3 cm³/mol. The minimum absolute atomic E-state index is 0.821. The normalized spacial score (nSPS) is 13.9. The minimum Gasteiger partial charge on any atom is -0.497 e. The summed E-state index contributed by atoms with van der Waals surface area (Å²) in [7, 11) is 1.66. The highest BCUT2D eigenvalue weighted by molar-refractivity contribution is 5.68. The van der Waals surface area contributed by atoms with E-state index in [2.05, 4.69) is 10.5 Å². The Kier molecular flexibility index (Phi) is 2.48. The topological polar surface area (TPSA) is 47.3 Å². The number of ether oxygens (including phenoxy) is 1. The first kappa shape index (κ1) is 10.2. The molecule has 1 aromatic heterocycles. The van der Waals surface area contributed by atoms with E-state index in [0.29, 0.717) is 0 Å². The molecule has 0 unspecified atom stereocenters. The second-order valence-corrected chi connectivity index (χ2v) is 4.10. The van der Waals surface area contributed by atoms with Crippen LogP contribution in [0.15, 0.2) is 28.8 Å². The summed E-state index contributed by atoms with van der Waals surface area (Å²) in [6.45, 7) is 0.963. The molecule has 1 aliphatic rings. The fourth-order valence-electron chi connectivity index (χ4n) is 2.12. The highest BCUT2D eigenvalue weighted by atomic mass is 16.5. The summed E-state index contributed by atoms with van der Waals surface area (Å²) >= 11 is 0. The van der Waals surface area contributed by atoms with Gasteiger partial charge in [-0.15, -0.1) is 0 Å². The summed E-state index contributed by atoms with van der Waals surface area (Å²) in [5, 5.41) is 7.37. The van der Waals surface area contributed by atoms with Gasteiger partial charge in [0.15, 0.2) is 0 Å². The zero-order valence-corrected chi connectivity index (χ0v) is 9.69. The minimum atomic E-state index is 0.821. The van der Waals surface area contributed by atoms with Crippen molar-refractivity contribution in [2.75, 3.05) is 19.0 Å². The van der Waals surface area contributed by atoms with E-state index >= 15 is 0 Å². The van der Waals surface area contributed by atoms with E-state index in [4.69, 9.17) is 9.26 Å². The van der Waals surface area contributed by atoms with Crippen molar-refractivity contribution >= 4 is 5.88 Å². The maximum Gasteiger partial charge on any atom is 0.228 e. The number of hydrogen-bond donors (Lipinski definition) is 1. The van der Waals surface area contributed by atoms with Crippen molar-refractivity contribution in [2.24, 2.45) is 0 Å². The molecule has 0 atom stereocenters. The lowest BCUT2D eigenvalue weighted by Gasteiger charge is -2.11. The number of nitrogens with zero attached hydrogens (tertiary/aromatic N) is 1. The van der Waals surface area contributed by atoms with Gasteiger partial charge in [-0.3, -0.25) is 0 Å². The molecule has 0 spiro atoms. The molecule has 1 N–H and O–H groups in total. The molecule has 0 aliphatic carbocycles. The highest BCUT2D eigenvalue weighted by Crippen LogP contribution is 2.32. The van der Waals surface area contributed by atoms with E-state index in [1.54, 1.807) is 7.11 Å². The van der Waals surface area contributed by atoms with E-state index < -0.39 is 0 Å². The Morgan fingerprint density at radius 3 is 2.88 bits per heavy atom. The van der Waals surface area contributed by atoms with Gasteiger partial charge in [-0.25, -0.2) is 0 Å². The maximum atomic E-state index is 5.31. The van der Waals surface area contributed by atoms with Crippen LogP contribution in [0.5, 0.6) is 5.75 Å². The quantitative estimate of drug-likeness (QED) is 0.861. The van der Waals surface area contributed by atoms with Crippen molar-refractivity contribution in [1.29, 1.82) is 0 Å². The third-order valence-electron chi connectivity index (χ3n) is 3.04. The highest BCUT2D eigenvalue weighted by Gasteiger charge is 2.19. The summed E-state index contributed by atoms with van der Waals surface area (Å²) < 4.78 is 10.4. The standard InChI is InChI=1S/C13H14N2O2/c1-16-10-6-4-9(5-7-10)12-11-3-2-8-14-13(11)17-15-12/h4-7,14H,2-3,8H2,1H3. The number of anilines is 1. The van der Waals surface area contributed by atoms with Gasteiger partial charge in [0.25, 0.3) is 0 Å². The molecule has 2 heterocycles. The summed E-state index contributed by atoms with van der Waals surface area (Å²) in [4.78, 5) is 0. The van der Waals surface area contributed by atoms with Gasteiger partial charge in [0.1, 0.15) is 11.4 Å². The molecule has 1 aromatic carbocycles. The summed E-state index contributed by atoms with van der Waals surface area (Å²) in [5.41, 5.74) is 3.19. The third-order valence-corrected chi connectivity index (χ3v) is 3.04. The number of rotatable bonds is 2. The van der Waals surface area contributed by atoms with E-state index in [-0.39, 0.29) is 0 Å². The zero-order chi connectivity index (χ0) is 11.7. The van der Waals surface area contributed by atoms with Crippen molar-refractivity contribution in [3.8, 4) is 17.0 Å². The van der Waals surface area contributed by atoms with Crippen LogP contribution in [0.4, 0.5) is 5.88 Å². The van der Waals surface area contributed by atoms with Crippen molar-refractivity contribution in [3.05, 3.63) is 29.8 Å². The molecule has 0 radical (unpaired) electrons. The fraction of sp³-hybridized carbons (Fsp3) is 0.308. The smallest absolute Gasteiger partial charge is 0.228 e. The van der Waals surface area contributed by atoms with E-state index in [9.17, 15) is 0 Å². The second-order valence-electron chi connectivity index (χ2n) is 4.10. The summed E-state index contributed by atoms with van der Waals surface area (Å²) in [6, 6.07) is 7.89. The predicted octanol–water partition coefficient (Wildman–Crippen LogP) is 2.71. The number of aromatic nitrogens is 1. The molecule has 4 heteroatoms. The SMILES string of the molecule is COc1ccc(-c2noc3c2CCCN3)cc1. The molecule has 0 bridgehead atoms. The van der Waals surface area contributed by atoms with Crippen LogP contribution in [-0.2, 0) is 6.42 Å². The third kappa shape index (κ3) is 1.75. The fourth-order valence-corrected chi connectivity index (χ4v) is 2.12. The molecular formula is C13H14N2O2. The van der Waals surface area contributed by atoms with Crippen LogP contribution < -0.4 is 10.1 Å². The molecule has 17 heavy (non-hydrogen) atoms. The first-order valence-electron chi connectivity index (χ1n) is 5.75. The Hall–Kier alpha value is -1.97. The van der Waals surface area contributed by atoms with Gasteiger partial charge in [-0.1, -0.05) is 5.16 Å². The Morgan fingerprint density at radius 2 is 2.12 bits per heavy atom. The van der Waals surface area contributed by atoms with Crippen molar-refractivity contribution < 1.29 is 9.26 Å². The Morgan fingerprint density at radius 1 is 1.29 bits per heavy atom. The Labute approximate surface area is 99.6 Å². The molecular weight excluding hydrogens is 216 g/mol.